The minimum Gasteiger partial charge on any atom is -0.497 e. The molecule has 220 valence electrons. The van der Waals surface area contributed by atoms with Crippen molar-refractivity contribution < 1.29 is 27.5 Å². The lowest BCUT2D eigenvalue weighted by Crippen LogP contribution is -2.53. The summed E-state index contributed by atoms with van der Waals surface area (Å²) in [4.78, 5) is 28.6. The number of hydrogen-bond acceptors (Lipinski definition) is 6. The van der Waals surface area contributed by atoms with E-state index in [0.717, 1.165) is 16.3 Å². The summed E-state index contributed by atoms with van der Waals surface area (Å²) in [5.41, 5.74) is 1.13. The van der Waals surface area contributed by atoms with Crippen LogP contribution in [-0.2, 0) is 26.0 Å². The lowest BCUT2D eigenvalue weighted by Gasteiger charge is -2.33. The molecule has 9 nitrogen and oxygen atoms in total. The Bertz CT molecular complexity index is 1400. The molecule has 0 radical (unpaired) electrons. The highest BCUT2D eigenvalue weighted by Gasteiger charge is 2.34. The predicted octanol–water partition coefficient (Wildman–Crippen LogP) is 4.27. The molecule has 3 aromatic carbocycles. The van der Waals surface area contributed by atoms with Crippen molar-refractivity contribution in [1.29, 1.82) is 0 Å². The van der Waals surface area contributed by atoms with Gasteiger partial charge in [0.2, 0.25) is 11.8 Å². The van der Waals surface area contributed by atoms with Crippen LogP contribution >= 0.6 is 0 Å². The average Bonchev–Trinajstić information content (AvgIpc) is 3.00. The summed E-state index contributed by atoms with van der Waals surface area (Å²) in [5.74, 6) is -0.199. The smallest absolute Gasteiger partial charge is 0.264 e. The standard InChI is InChI=1S/C31H39N3O6S/c1-6-23(2)32-31(36)24(3)33(20-19-25-13-9-7-10-14-25)30(35)22-34(41(37,38)27-15-11-8-12-16-27)28-21-26(39-4)17-18-29(28)40-5/h7-18,21,23-24H,6,19-20,22H2,1-5H3,(H,32,36). The minimum atomic E-state index is -4.23. The van der Waals surface area contributed by atoms with Gasteiger partial charge in [0.1, 0.15) is 24.1 Å². The summed E-state index contributed by atoms with van der Waals surface area (Å²) in [6.07, 6.45) is 1.22. The van der Waals surface area contributed by atoms with Gasteiger partial charge in [0.15, 0.2) is 0 Å². The van der Waals surface area contributed by atoms with Crippen LogP contribution in [-0.4, -0.2) is 64.5 Å². The van der Waals surface area contributed by atoms with E-state index >= 15 is 0 Å². The van der Waals surface area contributed by atoms with E-state index in [4.69, 9.17) is 9.47 Å². The molecule has 0 aliphatic heterocycles. The summed E-state index contributed by atoms with van der Waals surface area (Å²) in [7, 11) is -1.33. The van der Waals surface area contributed by atoms with Crippen LogP contribution in [0.3, 0.4) is 0 Å². The first-order valence-corrected chi connectivity index (χ1v) is 15.0. The maximum absolute atomic E-state index is 14.0. The second-order valence-corrected chi connectivity index (χ2v) is 11.5. The number of sulfonamides is 1. The zero-order valence-electron chi connectivity index (χ0n) is 24.2. The Kier molecular flexibility index (Phi) is 11.2. The summed E-state index contributed by atoms with van der Waals surface area (Å²) in [6, 6.07) is 21.3. The lowest BCUT2D eigenvalue weighted by molar-refractivity contribution is -0.139. The minimum absolute atomic E-state index is 0.0103. The summed E-state index contributed by atoms with van der Waals surface area (Å²) >= 11 is 0. The van der Waals surface area contributed by atoms with Crippen molar-refractivity contribution in [3.63, 3.8) is 0 Å². The SMILES string of the molecule is CCC(C)NC(=O)C(C)N(CCc1ccccc1)C(=O)CN(c1cc(OC)ccc1OC)S(=O)(=O)c1ccccc1. The van der Waals surface area contributed by atoms with E-state index in [1.807, 2.05) is 44.2 Å². The molecule has 2 atom stereocenters. The Labute approximate surface area is 243 Å². The Morgan fingerprint density at radius 1 is 0.902 bits per heavy atom. The van der Waals surface area contributed by atoms with Gasteiger partial charge in [-0.25, -0.2) is 8.42 Å². The molecule has 0 saturated carbocycles. The molecule has 3 aromatic rings. The van der Waals surface area contributed by atoms with Gasteiger partial charge in [0, 0.05) is 18.7 Å². The van der Waals surface area contributed by atoms with Gasteiger partial charge in [-0.15, -0.1) is 0 Å². The third-order valence-corrected chi connectivity index (χ3v) is 8.69. The van der Waals surface area contributed by atoms with Crippen LogP contribution in [0.15, 0.2) is 83.8 Å². The van der Waals surface area contributed by atoms with E-state index in [9.17, 15) is 18.0 Å². The van der Waals surface area contributed by atoms with Crippen LogP contribution in [0.25, 0.3) is 0 Å². The maximum atomic E-state index is 14.0. The van der Waals surface area contributed by atoms with Crippen LogP contribution in [0.5, 0.6) is 11.5 Å². The van der Waals surface area contributed by atoms with Crippen molar-refractivity contribution in [2.45, 2.75) is 50.6 Å². The van der Waals surface area contributed by atoms with Crippen LogP contribution in [0.2, 0.25) is 0 Å². The van der Waals surface area contributed by atoms with E-state index < -0.39 is 28.5 Å². The van der Waals surface area contributed by atoms with Gasteiger partial charge in [0.05, 0.1) is 24.8 Å². The van der Waals surface area contributed by atoms with Gasteiger partial charge in [0.25, 0.3) is 10.0 Å². The number of rotatable bonds is 14. The van der Waals surface area contributed by atoms with Crippen LogP contribution in [0.4, 0.5) is 5.69 Å². The van der Waals surface area contributed by atoms with Gasteiger partial charge < -0.3 is 19.7 Å². The fourth-order valence-corrected chi connectivity index (χ4v) is 5.70. The monoisotopic (exact) mass is 581 g/mol. The molecule has 0 fully saturated rings. The molecule has 0 spiro atoms. The van der Waals surface area contributed by atoms with Crippen LogP contribution < -0.4 is 19.1 Å². The molecule has 2 unspecified atom stereocenters. The normalized spacial score (nSPS) is 12.6. The van der Waals surface area contributed by atoms with Crippen LogP contribution in [0, 0.1) is 0 Å². The number of anilines is 1. The fraction of sp³-hybridized carbons (Fsp3) is 0.355. The van der Waals surface area contributed by atoms with E-state index in [-0.39, 0.29) is 34.8 Å². The Balaban J connectivity index is 2.05. The van der Waals surface area contributed by atoms with Gasteiger partial charge in [-0.2, -0.15) is 0 Å². The highest BCUT2D eigenvalue weighted by atomic mass is 32.2. The lowest BCUT2D eigenvalue weighted by atomic mass is 10.1. The Morgan fingerprint density at radius 3 is 2.12 bits per heavy atom. The maximum Gasteiger partial charge on any atom is 0.264 e. The van der Waals surface area contributed by atoms with Crippen molar-refractivity contribution in [2.24, 2.45) is 0 Å². The number of methoxy groups -OCH3 is 2. The zero-order chi connectivity index (χ0) is 30.0. The molecule has 2 amide bonds. The van der Waals surface area contributed by atoms with Crippen molar-refractivity contribution in [3.05, 3.63) is 84.4 Å². The van der Waals surface area contributed by atoms with Crippen molar-refractivity contribution >= 4 is 27.5 Å². The number of hydrogen-bond donors (Lipinski definition) is 1. The second kappa shape index (κ2) is 14.5. The molecule has 10 heteroatoms. The number of nitrogens with zero attached hydrogens (tertiary/aromatic N) is 2. The molecule has 0 aromatic heterocycles. The first kappa shape index (κ1) is 31.5. The molecule has 0 aliphatic carbocycles. The highest BCUT2D eigenvalue weighted by Crippen LogP contribution is 2.35. The third kappa shape index (κ3) is 8.00. The summed E-state index contributed by atoms with van der Waals surface area (Å²) < 4.78 is 39.9. The topological polar surface area (TPSA) is 105 Å². The Hall–Kier alpha value is -4.05. The van der Waals surface area contributed by atoms with Gasteiger partial charge >= 0.3 is 0 Å². The van der Waals surface area contributed by atoms with Crippen molar-refractivity contribution in [1.82, 2.24) is 10.2 Å². The number of carbonyl (C=O) groups excluding carboxylic acids is 2. The summed E-state index contributed by atoms with van der Waals surface area (Å²) in [6.45, 7) is 5.16. The molecule has 0 saturated heterocycles. The zero-order valence-corrected chi connectivity index (χ0v) is 25.1. The molecule has 1 N–H and O–H groups in total. The number of benzene rings is 3. The van der Waals surface area contributed by atoms with E-state index in [0.29, 0.717) is 12.2 Å². The van der Waals surface area contributed by atoms with Gasteiger partial charge in [-0.05, 0) is 56.5 Å². The average molecular weight is 582 g/mol. The van der Waals surface area contributed by atoms with Gasteiger partial charge in [-0.1, -0.05) is 55.5 Å². The quantitative estimate of drug-likeness (QED) is 0.305. The predicted molar refractivity (Wildman–Crippen MR) is 160 cm³/mol. The van der Waals surface area contributed by atoms with Crippen LogP contribution in [0.1, 0.15) is 32.8 Å². The van der Waals surface area contributed by atoms with E-state index in [1.165, 1.54) is 37.3 Å². The van der Waals surface area contributed by atoms with E-state index in [1.54, 1.807) is 37.3 Å². The second-order valence-electron chi connectivity index (χ2n) is 9.68. The molecule has 0 heterocycles. The molecule has 0 bridgehead atoms. The Morgan fingerprint density at radius 2 is 1.54 bits per heavy atom. The largest absolute Gasteiger partial charge is 0.497 e. The number of amides is 2. The third-order valence-electron chi connectivity index (χ3n) is 6.92. The van der Waals surface area contributed by atoms with Crippen molar-refractivity contribution in [2.75, 3.05) is 31.6 Å². The molecule has 0 aliphatic rings. The number of carbonyl (C=O) groups is 2. The fourth-order valence-electron chi connectivity index (χ4n) is 4.26. The molecule has 3 rings (SSSR count). The summed E-state index contributed by atoms with van der Waals surface area (Å²) in [5, 5.41) is 2.94. The number of nitrogens with one attached hydrogen (secondary N) is 1. The number of ether oxygens (including phenoxy) is 2. The molecular weight excluding hydrogens is 542 g/mol. The molecule has 41 heavy (non-hydrogen) atoms. The van der Waals surface area contributed by atoms with Gasteiger partial charge in [-0.3, -0.25) is 13.9 Å². The highest BCUT2D eigenvalue weighted by molar-refractivity contribution is 7.92. The first-order valence-electron chi connectivity index (χ1n) is 13.6. The molecular formula is C31H39N3O6S. The van der Waals surface area contributed by atoms with Crippen molar-refractivity contribution in [3.8, 4) is 11.5 Å². The first-order chi connectivity index (χ1) is 19.6. The van der Waals surface area contributed by atoms with E-state index in [2.05, 4.69) is 5.32 Å².